The van der Waals surface area contributed by atoms with Crippen molar-refractivity contribution < 1.29 is 8.78 Å². The van der Waals surface area contributed by atoms with Gasteiger partial charge in [0.2, 0.25) is 5.95 Å². The van der Waals surface area contributed by atoms with Crippen LogP contribution in [0.25, 0.3) is 0 Å². The number of halogens is 3. The molecule has 1 aromatic rings. The first kappa shape index (κ1) is 12.9. The van der Waals surface area contributed by atoms with Crippen molar-refractivity contribution in [2.24, 2.45) is 0 Å². The zero-order valence-corrected chi connectivity index (χ0v) is 9.58. The number of nitrogens with zero attached hydrogens (tertiary/aromatic N) is 3. The molecule has 0 unspecified atom stereocenters. The van der Waals surface area contributed by atoms with Crippen LogP contribution in [0.1, 0.15) is 13.3 Å². The van der Waals surface area contributed by atoms with Crippen molar-refractivity contribution in [2.45, 2.75) is 19.8 Å². The maximum Gasteiger partial charge on any atom is 0.255 e. The van der Waals surface area contributed by atoms with Crippen molar-refractivity contribution >= 4 is 23.4 Å². The topological polar surface area (TPSA) is 55.0 Å². The fourth-order valence-corrected chi connectivity index (χ4v) is 1.50. The molecular weight excluding hydrogens is 238 g/mol. The van der Waals surface area contributed by atoms with Crippen molar-refractivity contribution in [1.82, 2.24) is 9.97 Å². The Labute approximate surface area is 97.4 Å². The first-order valence-electron chi connectivity index (χ1n) is 4.86. The van der Waals surface area contributed by atoms with E-state index in [1.54, 1.807) is 0 Å². The lowest BCUT2D eigenvalue weighted by atomic mass is 10.4. The Bertz CT molecular complexity index is 328. The summed E-state index contributed by atoms with van der Waals surface area (Å²) in [6.07, 6.45) is -1.70. The molecular formula is C9H13ClF2N4. The molecule has 1 rings (SSSR count). The zero-order chi connectivity index (χ0) is 12.1. The molecule has 0 saturated heterocycles. The zero-order valence-electron chi connectivity index (χ0n) is 8.83. The average molecular weight is 251 g/mol. The maximum absolute atomic E-state index is 12.3. The van der Waals surface area contributed by atoms with E-state index in [-0.39, 0.29) is 17.6 Å². The van der Waals surface area contributed by atoms with E-state index in [9.17, 15) is 8.78 Å². The Morgan fingerprint density at radius 1 is 1.50 bits per heavy atom. The summed E-state index contributed by atoms with van der Waals surface area (Å²) >= 11 is 5.69. The van der Waals surface area contributed by atoms with Gasteiger partial charge in [-0.25, -0.2) is 13.8 Å². The fourth-order valence-electron chi connectivity index (χ4n) is 1.32. The van der Waals surface area contributed by atoms with Crippen LogP contribution in [-0.2, 0) is 0 Å². The Kier molecular flexibility index (Phi) is 4.67. The summed E-state index contributed by atoms with van der Waals surface area (Å²) in [5.74, 6) is 0.317. The van der Waals surface area contributed by atoms with Gasteiger partial charge in [0.15, 0.2) is 0 Å². The number of rotatable bonds is 5. The van der Waals surface area contributed by atoms with Crippen LogP contribution >= 0.6 is 11.6 Å². The molecule has 1 aromatic heterocycles. The molecule has 0 bridgehead atoms. The second-order valence-electron chi connectivity index (χ2n) is 3.24. The molecule has 0 amide bonds. The molecule has 0 aliphatic heterocycles. The van der Waals surface area contributed by atoms with Gasteiger partial charge < -0.3 is 10.6 Å². The third-order valence-corrected chi connectivity index (χ3v) is 2.07. The van der Waals surface area contributed by atoms with E-state index in [0.717, 1.165) is 6.42 Å². The summed E-state index contributed by atoms with van der Waals surface area (Å²) < 4.78 is 24.7. The van der Waals surface area contributed by atoms with Crippen LogP contribution in [0, 0.1) is 0 Å². The molecule has 0 fully saturated rings. The van der Waals surface area contributed by atoms with E-state index < -0.39 is 6.43 Å². The van der Waals surface area contributed by atoms with Crippen LogP contribution in [-0.4, -0.2) is 29.5 Å². The van der Waals surface area contributed by atoms with Crippen LogP contribution in [0.2, 0.25) is 5.15 Å². The maximum atomic E-state index is 12.3. The van der Waals surface area contributed by atoms with Crippen molar-refractivity contribution in [1.29, 1.82) is 0 Å². The number of hydrogen-bond acceptors (Lipinski definition) is 4. The molecule has 0 saturated carbocycles. The lowest BCUT2D eigenvalue weighted by molar-refractivity contribution is 0.154. The molecule has 0 atom stereocenters. The van der Waals surface area contributed by atoms with Crippen LogP contribution in [0.3, 0.4) is 0 Å². The third-order valence-electron chi connectivity index (χ3n) is 1.87. The quantitative estimate of drug-likeness (QED) is 0.814. The van der Waals surface area contributed by atoms with Crippen molar-refractivity contribution in [3.8, 4) is 0 Å². The molecule has 2 N–H and O–H groups in total. The number of anilines is 2. The molecule has 0 radical (unpaired) electrons. The molecule has 0 aromatic carbocycles. The van der Waals surface area contributed by atoms with Gasteiger partial charge >= 0.3 is 0 Å². The van der Waals surface area contributed by atoms with E-state index in [1.807, 2.05) is 6.92 Å². The predicted octanol–water partition coefficient (Wildman–Crippen LogP) is 2.19. The summed E-state index contributed by atoms with van der Waals surface area (Å²) in [4.78, 5) is 8.99. The second kappa shape index (κ2) is 5.79. The van der Waals surface area contributed by atoms with Gasteiger partial charge in [0.25, 0.3) is 6.43 Å². The van der Waals surface area contributed by atoms with Gasteiger partial charge in [0.1, 0.15) is 11.0 Å². The smallest absolute Gasteiger partial charge is 0.255 e. The van der Waals surface area contributed by atoms with Gasteiger partial charge in [-0.1, -0.05) is 18.5 Å². The number of alkyl halides is 2. The first-order valence-corrected chi connectivity index (χ1v) is 5.24. The second-order valence-corrected chi connectivity index (χ2v) is 3.63. The van der Waals surface area contributed by atoms with Gasteiger partial charge in [0.05, 0.1) is 6.54 Å². The average Bonchev–Trinajstić information content (AvgIpc) is 2.14. The molecule has 4 nitrogen and oxygen atoms in total. The Morgan fingerprint density at radius 2 is 2.19 bits per heavy atom. The molecule has 1 heterocycles. The number of hydrogen-bond donors (Lipinski definition) is 1. The fraction of sp³-hybridized carbons (Fsp3) is 0.556. The highest BCUT2D eigenvalue weighted by Crippen LogP contribution is 2.18. The van der Waals surface area contributed by atoms with Crippen LogP contribution < -0.4 is 10.6 Å². The summed E-state index contributed by atoms with van der Waals surface area (Å²) in [6, 6.07) is 1.43. The van der Waals surface area contributed by atoms with E-state index in [2.05, 4.69) is 9.97 Å². The SMILES string of the molecule is CCCN(CC(F)F)c1cc(Cl)nc(N)n1. The first-order chi connectivity index (χ1) is 7.52. The Balaban J connectivity index is 2.90. The van der Waals surface area contributed by atoms with Gasteiger partial charge in [-0.3, -0.25) is 0 Å². The van der Waals surface area contributed by atoms with Gasteiger partial charge in [0, 0.05) is 12.6 Å². The van der Waals surface area contributed by atoms with E-state index >= 15 is 0 Å². The summed E-state index contributed by atoms with van der Waals surface area (Å²) in [5, 5.41) is 0.151. The minimum absolute atomic E-state index is 0.0159. The van der Waals surface area contributed by atoms with E-state index in [4.69, 9.17) is 17.3 Å². The Hall–Kier alpha value is -1.17. The van der Waals surface area contributed by atoms with Crippen LogP contribution in [0.15, 0.2) is 6.07 Å². The summed E-state index contributed by atoms with van der Waals surface area (Å²) in [6.45, 7) is 1.97. The van der Waals surface area contributed by atoms with Gasteiger partial charge in [-0.05, 0) is 6.42 Å². The lowest BCUT2D eigenvalue weighted by Crippen LogP contribution is -2.30. The molecule has 0 aliphatic rings. The standard InChI is InChI=1S/C9H13ClF2N4/c1-2-3-16(5-7(11)12)8-4-6(10)14-9(13)15-8/h4,7H,2-3,5H2,1H3,(H2,13,14,15). The number of aromatic nitrogens is 2. The third kappa shape index (κ3) is 3.77. The normalized spacial score (nSPS) is 10.8. The highest BCUT2D eigenvalue weighted by molar-refractivity contribution is 6.29. The molecule has 90 valence electrons. The van der Waals surface area contributed by atoms with Crippen molar-refractivity contribution in [2.75, 3.05) is 23.7 Å². The monoisotopic (exact) mass is 250 g/mol. The molecule has 7 heteroatoms. The van der Waals surface area contributed by atoms with Gasteiger partial charge in [-0.15, -0.1) is 0 Å². The summed E-state index contributed by atoms with van der Waals surface area (Å²) in [7, 11) is 0. The van der Waals surface area contributed by atoms with Crippen molar-refractivity contribution in [3.05, 3.63) is 11.2 Å². The van der Waals surface area contributed by atoms with E-state index in [1.165, 1.54) is 11.0 Å². The lowest BCUT2D eigenvalue weighted by Gasteiger charge is -2.22. The van der Waals surface area contributed by atoms with E-state index in [0.29, 0.717) is 12.4 Å². The summed E-state index contributed by atoms with van der Waals surface area (Å²) in [5.41, 5.74) is 5.40. The number of nitrogens with two attached hydrogens (primary N) is 1. The minimum atomic E-state index is -2.43. The minimum Gasteiger partial charge on any atom is -0.368 e. The highest BCUT2D eigenvalue weighted by Gasteiger charge is 2.14. The van der Waals surface area contributed by atoms with Crippen molar-refractivity contribution in [3.63, 3.8) is 0 Å². The van der Waals surface area contributed by atoms with Crippen LogP contribution in [0.4, 0.5) is 20.5 Å². The Morgan fingerprint density at radius 3 is 2.69 bits per heavy atom. The number of nitrogen functional groups attached to an aromatic ring is 1. The van der Waals surface area contributed by atoms with Crippen LogP contribution in [0.5, 0.6) is 0 Å². The molecule has 0 aliphatic carbocycles. The predicted molar refractivity (Wildman–Crippen MR) is 60.0 cm³/mol. The molecule has 16 heavy (non-hydrogen) atoms. The largest absolute Gasteiger partial charge is 0.368 e. The molecule has 0 spiro atoms. The van der Waals surface area contributed by atoms with Gasteiger partial charge in [-0.2, -0.15) is 4.98 Å². The highest BCUT2D eigenvalue weighted by atomic mass is 35.5.